The normalized spacial score (nSPS) is 17.1. The SMILES string of the molecule is C1=CC(N(c2cccc3sc4ccccc4c23)c2cccc3sc4ccc5sc6c7ccccc7ccc6c5c4c23)CC=C1C1C=c2ccccc2=CC1. The molecule has 0 saturated heterocycles. The predicted molar refractivity (Wildman–Crippen MR) is 240 cm³/mol. The van der Waals surface area contributed by atoms with Gasteiger partial charge in [0.25, 0.3) is 0 Å². The minimum absolute atomic E-state index is 0.154. The van der Waals surface area contributed by atoms with E-state index in [0.29, 0.717) is 5.92 Å². The summed E-state index contributed by atoms with van der Waals surface area (Å²) in [5, 5.41) is 13.5. The average molecular weight is 744 g/mol. The molecule has 54 heavy (non-hydrogen) atoms. The molecule has 0 amide bonds. The van der Waals surface area contributed by atoms with E-state index in [1.165, 1.54) is 98.7 Å². The van der Waals surface area contributed by atoms with Crippen LogP contribution in [0.5, 0.6) is 0 Å². The number of hydrogen-bond donors (Lipinski definition) is 0. The molecule has 256 valence electrons. The van der Waals surface area contributed by atoms with Crippen LogP contribution in [0.3, 0.4) is 0 Å². The number of anilines is 2. The lowest BCUT2D eigenvalue weighted by Gasteiger charge is -2.35. The molecular weight excluding hydrogens is 711 g/mol. The Morgan fingerprint density at radius 3 is 2.00 bits per heavy atom. The largest absolute Gasteiger partial charge is 0.333 e. The zero-order chi connectivity index (χ0) is 35.3. The van der Waals surface area contributed by atoms with E-state index < -0.39 is 0 Å². The van der Waals surface area contributed by atoms with Gasteiger partial charge in [0.2, 0.25) is 0 Å². The van der Waals surface area contributed by atoms with Gasteiger partial charge in [-0.25, -0.2) is 0 Å². The van der Waals surface area contributed by atoms with Crippen LogP contribution in [-0.4, -0.2) is 6.04 Å². The highest BCUT2D eigenvalue weighted by molar-refractivity contribution is 7.28. The Hall–Kier alpha value is -5.52. The van der Waals surface area contributed by atoms with Crippen LogP contribution in [0.15, 0.2) is 157 Å². The molecule has 3 aromatic heterocycles. The van der Waals surface area contributed by atoms with Crippen LogP contribution in [0.25, 0.3) is 83.4 Å². The van der Waals surface area contributed by atoms with E-state index >= 15 is 0 Å². The Morgan fingerprint density at radius 2 is 1.15 bits per heavy atom. The van der Waals surface area contributed by atoms with Crippen LogP contribution >= 0.6 is 34.0 Å². The molecule has 0 aliphatic heterocycles. The van der Waals surface area contributed by atoms with Crippen molar-refractivity contribution in [3.63, 3.8) is 0 Å². The standard InChI is InChI=1S/C50H33NS3/c1-2-11-33-29-34(20-19-30(33)9-1)31-21-24-35(25-22-31)51(39-14-7-17-42-46(39)37-13-5-6-16-41(37)52-42)40-15-8-18-43-48(40)49-45(53-43)28-27-44-47(49)38-26-23-32-10-3-4-12-36(32)50(38)54-44/h1-19,21-24,26-29,34-35H,20,25H2. The van der Waals surface area contributed by atoms with Crippen molar-refractivity contribution in [2.24, 2.45) is 5.92 Å². The molecule has 0 fully saturated rings. The summed E-state index contributed by atoms with van der Waals surface area (Å²) in [6.07, 6.45) is 14.3. The summed E-state index contributed by atoms with van der Waals surface area (Å²) >= 11 is 5.77. The molecular formula is C50H33NS3. The minimum Gasteiger partial charge on any atom is -0.333 e. The molecule has 2 aliphatic carbocycles. The number of allylic oxidation sites excluding steroid dienone is 2. The van der Waals surface area contributed by atoms with Gasteiger partial charge >= 0.3 is 0 Å². The minimum atomic E-state index is 0.154. The monoisotopic (exact) mass is 743 g/mol. The lowest BCUT2D eigenvalue weighted by molar-refractivity contribution is 0.756. The fourth-order valence-electron chi connectivity index (χ4n) is 9.24. The first-order chi connectivity index (χ1) is 26.8. The van der Waals surface area contributed by atoms with Gasteiger partial charge in [-0.1, -0.05) is 121 Å². The topological polar surface area (TPSA) is 3.24 Å². The highest BCUT2D eigenvalue weighted by Gasteiger charge is 2.28. The molecule has 3 heterocycles. The Bertz CT molecular complexity index is 3370. The molecule has 2 atom stereocenters. The lowest BCUT2D eigenvalue weighted by atomic mass is 9.86. The Balaban J connectivity index is 1.10. The van der Waals surface area contributed by atoms with Crippen LogP contribution < -0.4 is 15.3 Å². The summed E-state index contributed by atoms with van der Waals surface area (Å²) in [5.41, 5.74) is 3.99. The van der Waals surface area contributed by atoms with Crippen molar-refractivity contribution in [1.29, 1.82) is 0 Å². The van der Waals surface area contributed by atoms with Crippen molar-refractivity contribution in [3.05, 3.63) is 168 Å². The molecule has 0 radical (unpaired) electrons. The second-order valence-corrected chi connectivity index (χ2v) is 17.9. The van der Waals surface area contributed by atoms with Gasteiger partial charge in [-0.15, -0.1) is 34.0 Å². The van der Waals surface area contributed by atoms with Gasteiger partial charge < -0.3 is 4.90 Å². The van der Waals surface area contributed by atoms with E-state index in [-0.39, 0.29) is 6.04 Å². The summed E-state index contributed by atoms with van der Waals surface area (Å²) in [4.78, 5) is 2.69. The second-order valence-electron chi connectivity index (χ2n) is 14.7. The molecule has 4 heteroatoms. The third kappa shape index (κ3) is 4.61. The number of fused-ring (bicyclic) bond motifs is 13. The molecule has 0 N–H and O–H groups in total. The van der Waals surface area contributed by atoms with E-state index in [1.54, 1.807) is 0 Å². The van der Waals surface area contributed by atoms with Gasteiger partial charge in [-0.2, -0.15) is 0 Å². The number of rotatable bonds is 4. The first-order valence-electron chi connectivity index (χ1n) is 18.8. The number of hydrogen-bond acceptors (Lipinski definition) is 4. The van der Waals surface area contributed by atoms with E-state index in [9.17, 15) is 0 Å². The zero-order valence-electron chi connectivity index (χ0n) is 29.3. The molecule has 2 unspecified atom stereocenters. The van der Waals surface area contributed by atoms with E-state index in [1.807, 2.05) is 34.0 Å². The Labute approximate surface area is 324 Å². The fraction of sp³-hybridized carbons (Fsp3) is 0.0800. The first-order valence-corrected chi connectivity index (χ1v) is 21.2. The van der Waals surface area contributed by atoms with Crippen molar-refractivity contribution < 1.29 is 0 Å². The maximum absolute atomic E-state index is 2.69. The molecule has 7 aromatic carbocycles. The van der Waals surface area contributed by atoms with Gasteiger partial charge in [0, 0.05) is 66.4 Å². The Morgan fingerprint density at radius 1 is 0.463 bits per heavy atom. The third-order valence-corrected chi connectivity index (χ3v) is 15.2. The number of benzene rings is 7. The molecule has 1 nitrogen and oxygen atoms in total. The fourth-order valence-corrected chi connectivity index (χ4v) is 12.7. The van der Waals surface area contributed by atoms with Crippen molar-refractivity contribution in [1.82, 2.24) is 0 Å². The molecule has 0 bridgehead atoms. The molecule has 10 aromatic rings. The lowest BCUT2D eigenvalue weighted by Crippen LogP contribution is -2.32. The molecule has 12 rings (SSSR count). The summed E-state index contributed by atoms with van der Waals surface area (Å²) in [5.74, 6) is 0.398. The number of nitrogens with zero attached hydrogens (tertiary/aromatic N) is 1. The molecule has 0 spiro atoms. The van der Waals surface area contributed by atoms with E-state index in [4.69, 9.17) is 0 Å². The summed E-state index contributed by atoms with van der Waals surface area (Å²) in [6, 6.07) is 50.1. The van der Waals surface area contributed by atoms with Gasteiger partial charge in [-0.3, -0.25) is 0 Å². The number of thiophene rings is 3. The summed E-state index contributed by atoms with van der Waals surface area (Å²) in [7, 11) is 0. The van der Waals surface area contributed by atoms with Crippen molar-refractivity contribution in [2.75, 3.05) is 4.90 Å². The Kier molecular flexibility index (Phi) is 6.86. The van der Waals surface area contributed by atoms with E-state index in [0.717, 1.165) is 12.8 Å². The van der Waals surface area contributed by atoms with Gasteiger partial charge in [0.05, 0.1) is 17.4 Å². The molecule has 2 aliphatic rings. The van der Waals surface area contributed by atoms with Gasteiger partial charge in [0.15, 0.2) is 0 Å². The van der Waals surface area contributed by atoms with Crippen LogP contribution in [-0.2, 0) is 0 Å². The first kappa shape index (κ1) is 30.9. The van der Waals surface area contributed by atoms with Crippen molar-refractivity contribution >= 4 is 129 Å². The summed E-state index contributed by atoms with van der Waals surface area (Å²) < 4.78 is 8.09. The van der Waals surface area contributed by atoms with Crippen LogP contribution in [0.1, 0.15) is 12.8 Å². The average Bonchev–Trinajstić information content (AvgIpc) is 3.93. The molecule has 0 saturated carbocycles. The maximum atomic E-state index is 2.69. The summed E-state index contributed by atoms with van der Waals surface area (Å²) in [6.45, 7) is 0. The van der Waals surface area contributed by atoms with Crippen LogP contribution in [0.4, 0.5) is 11.4 Å². The second kappa shape index (κ2) is 12.0. The smallest absolute Gasteiger partial charge is 0.0560 e. The maximum Gasteiger partial charge on any atom is 0.0560 e. The highest BCUT2D eigenvalue weighted by atomic mass is 32.1. The van der Waals surface area contributed by atoms with Crippen LogP contribution in [0, 0.1) is 5.92 Å². The highest BCUT2D eigenvalue weighted by Crippen LogP contribution is 2.51. The van der Waals surface area contributed by atoms with Gasteiger partial charge in [-0.05, 0) is 82.1 Å². The van der Waals surface area contributed by atoms with Gasteiger partial charge in [0.1, 0.15) is 0 Å². The zero-order valence-corrected chi connectivity index (χ0v) is 31.8. The van der Waals surface area contributed by atoms with Crippen molar-refractivity contribution in [2.45, 2.75) is 18.9 Å². The predicted octanol–water partition coefficient (Wildman–Crippen LogP) is 13.6. The van der Waals surface area contributed by atoms with E-state index in [2.05, 4.69) is 169 Å². The van der Waals surface area contributed by atoms with Crippen molar-refractivity contribution in [3.8, 4) is 0 Å². The third-order valence-electron chi connectivity index (χ3n) is 11.7. The quantitative estimate of drug-likeness (QED) is 0.173. The van der Waals surface area contributed by atoms with Crippen LogP contribution in [0.2, 0.25) is 0 Å².